The Kier molecular flexibility index (Phi) is 3.85. The van der Waals surface area contributed by atoms with Crippen molar-refractivity contribution in [3.63, 3.8) is 0 Å². The van der Waals surface area contributed by atoms with E-state index in [-0.39, 0.29) is 0 Å². The van der Waals surface area contributed by atoms with Crippen LogP contribution in [-0.4, -0.2) is 38.1 Å². The van der Waals surface area contributed by atoms with Gasteiger partial charge in [0.05, 0.1) is 0 Å². The number of likely N-dealkylation sites (N-methyl/N-ethyl adjacent to an activating group) is 1. The summed E-state index contributed by atoms with van der Waals surface area (Å²) in [7, 11) is 4.20. The SMILES string of the molecule is CN(C)CCNC1Cc2ccc(Cl)cc2C1. The molecule has 88 valence electrons. The molecule has 1 aliphatic rings. The third-order valence-electron chi connectivity index (χ3n) is 3.09. The van der Waals surface area contributed by atoms with Gasteiger partial charge in [-0.05, 0) is 50.2 Å². The quantitative estimate of drug-likeness (QED) is 0.863. The Labute approximate surface area is 103 Å². The van der Waals surface area contributed by atoms with Crippen LogP contribution in [0.15, 0.2) is 18.2 Å². The number of nitrogens with one attached hydrogen (secondary N) is 1. The van der Waals surface area contributed by atoms with Gasteiger partial charge in [0.1, 0.15) is 0 Å². The van der Waals surface area contributed by atoms with Crippen LogP contribution in [0.1, 0.15) is 11.1 Å². The van der Waals surface area contributed by atoms with Crippen LogP contribution in [0.5, 0.6) is 0 Å². The van der Waals surface area contributed by atoms with Gasteiger partial charge in [-0.25, -0.2) is 0 Å². The third-order valence-corrected chi connectivity index (χ3v) is 3.33. The van der Waals surface area contributed by atoms with E-state index in [9.17, 15) is 0 Å². The van der Waals surface area contributed by atoms with E-state index < -0.39 is 0 Å². The number of hydrogen-bond acceptors (Lipinski definition) is 2. The van der Waals surface area contributed by atoms with E-state index in [1.54, 1.807) is 0 Å². The Morgan fingerprint density at radius 1 is 1.31 bits per heavy atom. The molecule has 0 radical (unpaired) electrons. The van der Waals surface area contributed by atoms with E-state index in [2.05, 4.69) is 36.4 Å². The normalized spacial score (nSPS) is 19.1. The highest BCUT2D eigenvalue weighted by Crippen LogP contribution is 2.25. The van der Waals surface area contributed by atoms with Crippen LogP contribution in [0.3, 0.4) is 0 Å². The van der Waals surface area contributed by atoms with E-state index in [1.807, 2.05) is 6.07 Å². The molecule has 1 aromatic carbocycles. The minimum Gasteiger partial charge on any atom is -0.312 e. The van der Waals surface area contributed by atoms with Gasteiger partial charge in [-0.15, -0.1) is 0 Å². The van der Waals surface area contributed by atoms with Crippen molar-refractivity contribution >= 4 is 11.6 Å². The molecule has 0 saturated heterocycles. The van der Waals surface area contributed by atoms with Gasteiger partial charge in [-0.3, -0.25) is 0 Å². The number of nitrogens with zero attached hydrogens (tertiary/aromatic N) is 1. The molecule has 0 amide bonds. The summed E-state index contributed by atoms with van der Waals surface area (Å²) in [6, 6.07) is 6.84. The fourth-order valence-corrected chi connectivity index (χ4v) is 2.42. The van der Waals surface area contributed by atoms with Crippen molar-refractivity contribution in [2.45, 2.75) is 18.9 Å². The summed E-state index contributed by atoms with van der Waals surface area (Å²) < 4.78 is 0. The zero-order chi connectivity index (χ0) is 11.5. The predicted molar refractivity (Wildman–Crippen MR) is 69.2 cm³/mol. The second kappa shape index (κ2) is 5.17. The number of rotatable bonds is 4. The highest BCUT2D eigenvalue weighted by Gasteiger charge is 2.20. The third kappa shape index (κ3) is 2.97. The van der Waals surface area contributed by atoms with E-state index in [1.165, 1.54) is 11.1 Å². The van der Waals surface area contributed by atoms with Crippen molar-refractivity contribution in [1.29, 1.82) is 0 Å². The van der Waals surface area contributed by atoms with Crippen molar-refractivity contribution in [3.05, 3.63) is 34.3 Å². The summed E-state index contributed by atoms with van der Waals surface area (Å²) in [5.41, 5.74) is 2.86. The van der Waals surface area contributed by atoms with Crippen molar-refractivity contribution in [2.75, 3.05) is 27.2 Å². The lowest BCUT2D eigenvalue weighted by atomic mass is 10.1. The smallest absolute Gasteiger partial charge is 0.0408 e. The first-order valence-corrected chi connectivity index (χ1v) is 6.18. The van der Waals surface area contributed by atoms with Crippen molar-refractivity contribution in [2.24, 2.45) is 0 Å². The van der Waals surface area contributed by atoms with E-state index in [0.717, 1.165) is 31.0 Å². The molecule has 0 fully saturated rings. The maximum absolute atomic E-state index is 5.99. The molecular formula is C13H19ClN2. The monoisotopic (exact) mass is 238 g/mol. The number of benzene rings is 1. The zero-order valence-corrected chi connectivity index (χ0v) is 10.7. The summed E-state index contributed by atoms with van der Waals surface area (Å²) in [6.07, 6.45) is 2.25. The van der Waals surface area contributed by atoms with E-state index in [4.69, 9.17) is 11.6 Å². The van der Waals surface area contributed by atoms with Gasteiger partial charge >= 0.3 is 0 Å². The molecule has 1 atom stereocenters. The molecule has 0 aromatic heterocycles. The summed E-state index contributed by atoms with van der Waals surface area (Å²) >= 11 is 5.99. The summed E-state index contributed by atoms with van der Waals surface area (Å²) in [5, 5.41) is 4.45. The van der Waals surface area contributed by atoms with Crippen LogP contribution >= 0.6 is 11.6 Å². The lowest BCUT2D eigenvalue weighted by molar-refractivity contribution is 0.385. The average molecular weight is 239 g/mol. The van der Waals surface area contributed by atoms with Gasteiger partial charge < -0.3 is 10.2 Å². The van der Waals surface area contributed by atoms with Crippen LogP contribution in [0.25, 0.3) is 0 Å². The predicted octanol–water partition coefficient (Wildman–Crippen LogP) is 1.96. The first-order valence-electron chi connectivity index (χ1n) is 5.80. The molecule has 3 heteroatoms. The second-order valence-electron chi connectivity index (χ2n) is 4.78. The second-order valence-corrected chi connectivity index (χ2v) is 5.21. The van der Waals surface area contributed by atoms with Gasteiger partial charge in [0.25, 0.3) is 0 Å². The molecule has 1 unspecified atom stereocenters. The van der Waals surface area contributed by atoms with Gasteiger partial charge in [0.2, 0.25) is 0 Å². The number of hydrogen-bond donors (Lipinski definition) is 1. The largest absolute Gasteiger partial charge is 0.312 e. The Bertz CT molecular complexity index is 363. The molecule has 2 rings (SSSR count). The average Bonchev–Trinajstić information content (AvgIpc) is 2.58. The Hall–Kier alpha value is -0.570. The van der Waals surface area contributed by atoms with Gasteiger partial charge in [0, 0.05) is 24.2 Å². The fraction of sp³-hybridized carbons (Fsp3) is 0.538. The summed E-state index contributed by atoms with van der Waals surface area (Å²) in [5.74, 6) is 0. The molecule has 0 spiro atoms. The molecule has 1 aliphatic carbocycles. The minimum atomic E-state index is 0.591. The van der Waals surface area contributed by atoms with Gasteiger partial charge in [0.15, 0.2) is 0 Å². The molecule has 1 N–H and O–H groups in total. The maximum Gasteiger partial charge on any atom is 0.0408 e. The minimum absolute atomic E-state index is 0.591. The lowest BCUT2D eigenvalue weighted by Crippen LogP contribution is -2.35. The fourth-order valence-electron chi connectivity index (χ4n) is 2.22. The van der Waals surface area contributed by atoms with Crippen LogP contribution in [-0.2, 0) is 12.8 Å². The van der Waals surface area contributed by atoms with Crippen LogP contribution in [0.4, 0.5) is 0 Å². The number of fused-ring (bicyclic) bond motifs is 1. The molecule has 0 bridgehead atoms. The van der Waals surface area contributed by atoms with Crippen molar-refractivity contribution in [1.82, 2.24) is 10.2 Å². The lowest BCUT2D eigenvalue weighted by Gasteiger charge is -2.14. The van der Waals surface area contributed by atoms with Crippen molar-refractivity contribution < 1.29 is 0 Å². The Balaban J connectivity index is 1.86. The molecule has 0 aliphatic heterocycles. The first kappa shape index (κ1) is 11.9. The molecule has 0 saturated carbocycles. The van der Waals surface area contributed by atoms with Gasteiger partial charge in [-0.2, -0.15) is 0 Å². The standard InChI is InChI=1S/C13H19ClN2/c1-16(2)6-5-15-13-8-10-3-4-12(14)7-11(10)9-13/h3-4,7,13,15H,5-6,8-9H2,1-2H3. The van der Waals surface area contributed by atoms with Crippen LogP contribution < -0.4 is 5.32 Å². The topological polar surface area (TPSA) is 15.3 Å². The Morgan fingerprint density at radius 2 is 2.06 bits per heavy atom. The molecule has 1 aromatic rings. The molecule has 2 nitrogen and oxygen atoms in total. The highest BCUT2D eigenvalue weighted by atomic mass is 35.5. The van der Waals surface area contributed by atoms with Crippen LogP contribution in [0, 0.1) is 0 Å². The summed E-state index contributed by atoms with van der Waals surface area (Å²) in [4.78, 5) is 2.20. The number of halogens is 1. The van der Waals surface area contributed by atoms with E-state index >= 15 is 0 Å². The van der Waals surface area contributed by atoms with Crippen LogP contribution in [0.2, 0.25) is 5.02 Å². The molecule has 0 heterocycles. The zero-order valence-electron chi connectivity index (χ0n) is 9.96. The van der Waals surface area contributed by atoms with Gasteiger partial charge in [-0.1, -0.05) is 17.7 Å². The first-order chi connectivity index (χ1) is 7.65. The summed E-state index contributed by atoms with van der Waals surface area (Å²) in [6.45, 7) is 2.15. The van der Waals surface area contributed by atoms with E-state index in [0.29, 0.717) is 6.04 Å². The highest BCUT2D eigenvalue weighted by molar-refractivity contribution is 6.30. The maximum atomic E-state index is 5.99. The Morgan fingerprint density at radius 3 is 2.81 bits per heavy atom. The van der Waals surface area contributed by atoms with Crippen molar-refractivity contribution in [3.8, 4) is 0 Å². The molecule has 16 heavy (non-hydrogen) atoms. The molecular weight excluding hydrogens is 220 g/mol.